The van der Waals surface area contributed by atoms with Crippen LogP contribution in [0.15, 0.2) is 42.2 Å². The lowest BCUT2D eigenvalue weighted by atomic mass is 10.2. The molecule has 0 spiro atoms. The van der Waals surface area contributed by atoms with E-state index in [4.69, 9.17) is 4.74 Å². The summed E-state index contributed by atoms with van der Waals surface area (Å²) in [5.74, 6) is -0.687. The summed E-state index contributed by atoms with van der Waals surface area (Å²) in [4.78, 5) is 27.0. The molecule has 3 heterocycles. The first-order chi connectivity index (χ1) is 12.1. The van der Waals surface area contributed by atoms with Crippen molar-refractivity contribution in [2.24, 2.45) is 0 Å². The molecule has 6 nitrogen and oxygen atoms in total. The number of aromatic nitrogens is 3. The zero-order valence-corrected chi connectivity index (χ0v) is 14.0. The van der Waals surface area contributed by atoms with Gasteiger partial charge in [0.05, 0.1) is 18.4 Å². The number of halogens is 1. The standard InChI is InChI=1S/C17H13FN4O2S/c1-10-8-22(14-4-2-3-11(18)15(14)24-10)17(23)13-9-25-16(21-13)12-7-19-5-6-20-12/h2-7,9-10H,8H2,1H3. The van der Waals surface area contributed by atoms with Gasteiger partial charge in [0.15, 0.2) is 11.6 Å². The molecule has 8 heteroatoms. The third kappa shape index (κ3) is 2.85. The fourth-order valence-electron chi connectivity index (χ4n) is 2.65. The number of amides is 1. The number of hydrogen-bond donors (Lipinski definition) is 0. The molecule has 0 aliphatic carbocycles. The van der Waals surface area contributed by atoms with E-state index in [1.807, 2.05) is 0 Å². The van der Waals surface area contributed by atoms with Crippen LogP contribution in [0.4, 0.5) is 10.1 Å². The Hall–Kier alpha value is -2.87. The number of anilines is 1. The summed E-state index contributed by atoms with van der Waals surface area (Å²) < 4.78 is 19.6. The minimum atomic E-state index is -0.486. The number of hydrogen-bond acceptors (Lipinski definition) is 6. The maximum atomic E-state index is 14.0. The number of carbonyl (C=O) groups is 1. The van der Waals surface area contributed by atoms with E-state index in [2.05, 4.69) is 15.0 Å². The molecular formula is C17H13FN4O2S. The minimum absolute atomic E-state index is 0.0963. The minimum Gasteiger partial charge on any atom is -0.484 e. The van der Waals surface area contributed by atoms with Crippen molar-refractivity contribution in [2.75, 3.05) is 11.4 Å². The second-order valence-corrected chi connectivity index (χ2v) is 6.42. The Labute approximate surface area is 146 Å². The number of fused-ring (bicyclic) bond motifs is 1. The average molecular weight is 356 g/mol. The Morgan fingerprint density at radius 1 is 1.40 bits per heavy atom. The van der Waals surface area contributed by atoms with Gasteiger partial charge in [0.25, 0.3) is 5.91 Å². The lowest BCUT2D eigenvalue weighted by Crippen LogP contribution is -2.42. The summed E-state index contributed by atoms with van der Waals surface area (Å²) in [7, 11) is 0. The van der Waals surface area contributed by atoms with Gasteiger partial charge < -0.3 is 4.74 Å². The Kier molecular flexibility index (Phi) is 3.89. The van der Waals surface area contributed by atoms with E-state index >= 15 is 0 Å². The van der Waals surface area contributed by atoms with Crippen LogP contribution in [-0.2, 0) is 0 Å². The summed E-state index contributed by atoms with van der Waals surface area (Å²) >= 11 is 1.31. The molecule has 0 saturated carbocycles. The number of rotatable bonds is 2. The third-order valence-corrected chi connectivity index (χ3v) is 4.61. The molecule has 126 valence electrons. The van der Waals surface area contributed by atoms with Crippen molar-refractivity contribution in [2.45, 2.75) is 13.0 Å². The third-order valence-electron chi connectivity index (χ3n) is 3.75. The Morgan fingerprint density at radius 2 is 2.28 bits per heavy atom. The van der Waals surface area contributed by atoms with Crippen molar-refractivity contribution < 1.29 is 13.9 Å². The maximum absolute atomic E-state index is 14.0. The number of ether oxygens (including phenoxy) is 1. The molecule has 3 aromatic rings. The molecule has 25 heavy (non-hydrogen) atoms. The van der Waals surface area contributed by atoms with Gasteiger partial charge >= 0.3 is 0 Å². The molecule has 0 N–H and O–H groups in total. The molecule has 4 rings (SSSR count). The van der Waals surface area contributed by atoms with Gasteiger partial charge in [-0.1, -0.05) is 6.07 Å². The van der Waals surface area contributed by atoms with Crippen molar-refractivity contribution >= 4 is 22.9 Å². The lowest BCUT2D eigenvalue weighted by Gasteiger charge is -2.33. The highest BCUT2D eigenvalue weighted by Crippen LogP contribution is 2.36. The van der Waals surface area contributed by atoms with E-state index in [0.29, 0.717) is 22.9 Å². The van der Waals surface area contributed by atoms with Crippen LogP contribution in [-0.4, -0.2) is 33.5 Å². The van der Waals surface area contributed by atoms with Crippen molar-refractivity contribution in [1.82, 2.24) is 15.0 Å². The number of nitrogens with zero attached hydrogens (tertiary/aromatic N) is 4. The quantitative estimate of drug-likeness (QED) is 0.705. The fourth-order valence-corrected chi connectivity index (χ4v) is 3.40. The zero-order chi connectivity index (χ0) is 17.4. The normalized spacial score (nSPS) is 16.2. The monoisotopic (exact) mass is 356 g/mol. The predicted molar refractivity (Wildman–Crippen MR) is 91.3 cm³/mol. The molecule has 1 aliphatic rings. The van der Waals surface area contributed by atoms with Crippen LogP contribution in [0.25, 0.3) is 10.7 Å². The van der Waals surface area contributed by atoms with E-state index in [1.54, 1.807) is 43.0 Å². The number of carbonyl (C=O) groups excluding carboxylic acids is 1. The molecule has 2 aromatic heterocycles. The van der Waals surface area contributed by atoms with E-state index in [-0.39, 0.29) is 23.5 Å². The number of para-hydroxylation sites is 1. The molecule has 1 aliphatic heterocycles. The van der Waals surface area contributed by atoms with E-state index in [9.17, 15) is 9.18 Å². The second-order valence-electron chi connectivity index (χ2n) is 5.56. The highest BCUT2D eigenvalue weighted by molar-refractivity contribution is 7.13. The van der Waals surface area contributed by atoms with Crippen molar-refractivity contribution in [3.63, 3.8) is 0 Å². The van der Waals surface area contributed by atoms with Crippen LogP contribution < -0.4 is 9.64 Å². The summed E-state index contributed by atoms with van der Waals surface area (Å²) in [5.41, 5.74) is 1.31. The van der Waals surface area contributed by atoms with Crippen LogP contribution in [0.5, 0.6) is 5.75 Å². The van der Waals surface area contributed by atoms with Crippen molar-refractivity contribution in [3.8, 4) is 16.5 Å². The number of thiazole rings is 1. The molecule has 0 saturated heterocycles. The second kappa shape index (κ2) is 6.21. The molecule has 0 bridgehead atoms. The van der Waals surface area contributed by atoms with Crippen molar-refractivity contribution in [3.05, 3.63) is 53.7 Å². The van der Waals surface area contributed by atoms with Gasteiger partial charge in [0, 0.05) is 17.8 Å². The summed E-state index contributed by atoms with van der Waals surface area (Å²) in [5, 5.41) is 2.28. The van der Waals surface area contributed by atoms with Crippen LogP contribution >= 0.6 is 11.3 Å². The number of benzene rings is 1. The molecule has 1 amide bonds. The predicted octanol–water partition coefficient (Wildman–Crippen LogP) is 3.17. The molecule has 1 aromatic carbocycles. The topological polar surface area (TPSA) is 68.2 Å². The van der Waals surface area contributed by atoms with Crippen LogP contribution in [0, 0.1) is 5.82 Å². The summed E-state index contributed by atoms with van der Waals surface area (Å²) in [6.45, 7) is 2.12. The smallest absolute Gasteiger partial charge is 0.278 e. The first-order valence-electron chi connectivity index (χ1n) is 7.62. The molecule has 1 unspecified atom stereocenters. The van der Waals surface area contributed by atoms with Crippen LogP contribution in [0.3, 0.4) is 0 Å². The van der Waals surface area contributed by atoms with Crippen LogP contribution in [0.2, 0.25) is 0 Å². The zero-order valence-electron chi connectivity index (χ0n) is 13.2. The summed E-state index contributed by atoms with van der Waals surface area (Å²) in [6.07, 6.45) is 4.42. The van der Waals surface area contributed by atoms with Gasteiger partial charge in [-0.25, -0.2) is 9.37 Å². The van der Waals surface area contributed by atoms with E-state index < -0.39 is 5.82 Å². The van der Waals surface area contributed by atoms with Crippen molar-refractivity contribution in [1.29, 1.82) is 0 Å². The first kappa shape index (κ1) is 15.6. The van der Waals surface area contributed by atoms with Crippen LogP contribution in [0.1, 0.15) is 17.4 Å². The van der Waals surface area contributed by atoms with Gasteiger partial charge in [0.1, 0.15) is 22.5 Å². The molecular weight excluding hydrogens is 343 g/mol. The largest absolute Gasteiger partial charge is 0.484 e. The lowest BCUT2D eigenvalue weighted by molar-refractivity contribution is 0.0955. The Balaban J connectivity index is 1.68. The van der Waals surface area contributed by atoms with Gasteiger partial charge in [-0.2, -0.15) is 0 Å². The van der Waals surface area contributed by atoms with E-state index in [1.165, 1.54) is 22.3 Å². The Bertz CT molecular complexity index is 931. The Morgan fingerprint density at radius 3 is 3.08 bits per heavy atom. The van der Waals surface area contributed by atoms with Gasteiger partial charge in [-0.3, -0.25) is 19.7 Å². The summed E-state index contributed by atoms with van der Waals surface area (Å²) in [6, 6.07) is 4.53. The SMILES string of the molecule is CC1CN(C(=O)c2csc(-c3cnccn3)n2)c2cccc(F)c2O1. The van der Waals surface area contributed by atoms with Gasteiger partial charge in [-0.05, 0) is 19.1 Å². The highest BCUT2D eigenvalue weighted by Gasteiger charge is 2.31. The molecule has 1 atom stereocenters. The molecule has 0 radical (unpaired) electrons. The maximum Gasteiger partial charge on any atom is 0.278 e. The fraction of sp³-hybridized carbons (Fsp3) is 0.176. The highest BCUT2D eigenvalue weighted by atomic mass is 32.1. The van der Waals surface area contributed by atoms with Gasteiger partial charge in [-0.15, -0.1) is 11.3 Å². The molecule has 0 fully saturated rings. The first-order valence-corrected chi connectivity index (χ1v) is 8.50. The van der Waals surface area contributed by atoms with E-state index in [0.717, 1.165) is 0 Å². The average Bonchev–Trinajstić information content (AvgIpc) is 3.12. The van der Waals surface area contributed by atoms with Gasteiger partial charge in [0.2, 0.25) is 0 Å².